The maximum Gasteiger partial charge on any atom is 0.0540 e. The number of anilines is 3. The molecule has 0 aromatic heterocycles. The molecule has 61 heavy (non-hydrogen) atoms. The van der Waals surface area contributed by atoms with Gasteiger partial charge in [-0.05, 0) is 158 Å². The van der Waals surface area contributed by atoms with Gasteiger partial charge in [0.1, 0.15) is 0 Å². The van der Waals surface area contributed by atoms with Crippen LogP contribution in [-0.2, 0) is 10.8 Å². The van der Waals surface area contributed by atoms with E-state index in [0.717, 1.165) is 23.7 Å². The first-order valence-electron chi connectivity index (χ1n) is 23.7. The van der Waals surface area contributed by atoms with Crippen LogP contribution in [0.4, 0.5) is 17.1 Å². The van der Waals surface area contributed by atoms with Crippen LogP contribution in [0.5, 0.6) is 0 Å². The van der Waals surface area contributed by atoms with E-state index in [1.807, 2.05) is 0 Å². The lowest BCUT2D eigenvalue weighted by atomic mass is 9.27. The van der Waals surface area contributed by atoms with E-state index in [1.54, 1.807) is 11.1 Å². The van der Waals surface area contributed by atoms with E-state index in [4.69, 9.17) is 0 Å². The molecule has 6 unspecified atom stereocenters. The summed E-state index contributed by atoms with van der Waals surface area (Å²) in [6, 6.07) is 59.3. The maximum absolute atomic E-state index is 2.69. The summed E-state index contributed by atoms with van der Waals surface area (Å²) in [6.45, 7) is 6.93. The molecule has 6 aliphatic rings. The summed E-state index contributed by atoms with van der Waals surface area (Å²) in [6.07, 6.45) is 12.4. The van der Waals surface area contributed by atoms with Crippen LogP contribution in [0.25, 0.3) is 44.2 Å². The summed E-state index contributed by atoms with van der Waals surface area (Å²) < 4.78 is 0. The highest BCUT2D eigenvalue weighted by atomic mass is 15.1. The van der Waals surface area contributed by atoms with Crippen molar-refractivity contribution in [3.05, 3.63) is 174 Å². The number of rotatable bonds is 6. The molecule has 0 aliphatic heterocycles. The Morgan fingerprint density at radius 1 is 0.541 bits per heavy atom. The largest absolute Gasteiger partial charge is 0.309 e. The summed E-state index contributed by atoms with van der Waals surface area (Å²) >= 11 is 0. The van der Waals surface area contributed by atoms with Crippen molar-refractivity contribution in [2.75, 3.05) is 4.90 Å². The molecule has 5 saturated carbocycles. The standard InChI is InChI=1S/C60H57N/c1-58(2,3)42-29-27-40(28-30-42)45-19-8-11-25-53(45)61(54-26-12-9-21-49(54)50-23-14-18-41-17-13-22-46(57(41)50)39-15-5-4-6-16-39)44-31-32-48-47-20-7-10-24-51(47)60(52(48)36-44)55-34-38-33-43-35-56(60)59(43,55)37-38/h7-14,17-32,36,38-39,43,55-56H,4-6,15-16,33-35,37H2,1-3H3. The normalized spacial score (nSPS) is 26.7. The molecular weight excluding hydrogens is 735 g/mol. The van der Waals surface area contributed by atoms with Crippen molar-refractivity contribution in [2.45, 2.75) is 95.3 Å². The van der Waals surface area contributed by atoms with E-state index >= 15 is 0 Å². The van der Waals surface area contributed by atoms with Gasteiger partial charge in [-0.2, -0.15) is 0 Å². The molecule has 6 atom stereocenters. The molecule has 6 aliphatic carbocycles. The average Bonchev–Trinajstić information content (AvgIpc) is 3.93. The van der Waals surface area contributed by atoms with Crippen LogP contribution in [0.2, 0.25) is 0 Å². The molecule has 2 spiro atoms. The quantitative estimate of drug-likeness (QED) is 0.162. The lowest BCUT2D eigenvalue weighted by Gasteiger charge is -2.76. The van der Waals surface area contributed by atoms with Crippen LogP contribution >= 0.6 is 0 Å². The van der Waals surface area contributed by atoms with Gasteiger partial charge in [0.2, 0.25) is 0 Å². The van der Waals surface area contributed by atoms with Gasteiger partial charge in [0, 0.05) is 22.2 Å². The molecule has 0 heterocycles. The molecule has 13 rings (SSSR count). The lowest BCUT2D eigenvalue weighted by Crippen LogP contribution is -2.73. The summed E-state index contributed by atoms with van der Waals surface area (Å²) in [4.78, 5) is 2.65. The molecule has 7 aromatic carbocycles. The minimum atomic E-state index is 0.0925. The van der Waals surface area contributed by atoms with Crippen molar-refractivity contribution in [3.8, 4) is 33.4 Å². The first kappa shape index (κ1) is 36.3. The molecule has 0 amide bonds. The average molecular weight is 792 g/mol. The van der Waals surface area contributed by atoms with Crippen molar-refractivity contribution in [2.24, 2.45) is 29.1 Å². The Kier molecular flexibility index (Phi) is 7.76. The fourth-order valence-electron chi connectivity index (χ4n) is 15.2. The van der Waals surface area contributed by atoms with E-state index in [-0.39, 0.29) is 10.8 Å². The van der Waals surface area contributed by atoms with Crippen LogP contribution in [0.1, 0.15) is 107 Å². The van der Waals surface area contributed by atoms with Crippen LogP contribution in [-0.4, -0.2) is 0 Å². The molecule has 302 valence electrons. The Morgan fingerprint density at radius 3 is 1.97 bits per heavy atom. The predicted molar refractivity (Wildman–Crippen MR) is 255 cm³/mol. The Balaban J connectivity index is 1.04. The monoisotopic (exact) mass is 791 g/mol. The number of nitrogens with zero attached hydrogens (tertiary/aromatic N) is 1. The topological polar surface area (TPSA) is 3.24 Å². The fraction of sp³-hybridized carbons (Fsp3) is 0.333. The number of benzene rings is 7. The maximum atomic E-state index is 2.69. The molecule has 1 heteroatoms. The third-order valence-corrected chi connectivity index (χ3v) is 17.5. The molecule has 2 bridgehead atoms. The zero-order valence-electron chi connectivity index (χ0n) is 36.1. The first-order valence-corrected chi connectivity index (χ1v) is 23.7. The molecule has 7 aromatic rings. The van der Waals surface area contributed by atoms with Gasteiger partial charge in [-0.1, -0.05) is 167 Å². The second kappa shape index (κ2) is 13.1. The van der Waals surface area contributed by atoms with Crippen molar-refractivity contribution in [3.63, 3.8) is 0 Å². The summed E-state index contributed by atoms with van der Waals surface area (Å²) in [7, 11) is 0. The Morgan fingerprint density at radius 2 is 1.20 bits per heavy atom. The summed E-state index contributed by atoms with van der Waals surface area (Å²) in [5.41, 5.74) is 18.8. The van der Waals surface area contributed by atoms with Gasteiger partial charge in [0.25, 0.3) is 0 Å². The highest BCUT2D eigenvalue weighted by Gasteiger charge is 2.84. The zero-order chi connectivity index (χ0) is 40.7. The molecular formula is C60H57N. The van der Waals surface area contributed by atoms with Gasteiger partial charge in [0.05, 0.1) is 11.4 Å². The summed E-state index contributed by atoms with van der Waals surface area (Å²) in [5.74, 6) is 4.03. The minimum absolute atomic E-state index is 0.0925. The fourth-order valence-corrected chi connectivity index (χ4v) is 15.2. The van der Waals surface area contributed by atoms with E-state index < -0.39 is 0 Å². The van der Waals surface area contributed by atoms with E-state index in [2.05, 4.69) is 177 Å². The SMILES string of the molecule is CC(C)(C)c1ccc(-c2ccccc2N(c2ccc3c(c2)C2(c4ccccc4-3)C3CC4CC5CC2C53C4)c2ccccc2-c2cccc3cccc(C4CCCCC4)c23)cc1. The van der Waals surface area contributed by atoms with Crippen molar-refractivity contribution < 1.29 is 0 Å². The van der Waals surface area contributed by atoms with Crippen molar-refractivity contribution in [1.29, 1.82) is 0 Å². The third-order valence-electron chi connectivity index (χ3n) is 17.5. The predicted octanol–water partition coefficient (Wildman–Crippen LogP) is 16.3. The highest BCUT2D eigenvalue weighted by Crippen LogP contribution is 2.89. The minimum Gasteiger partial charge on any atom is -0.309 e. The van der Waals surface area contributed by atoms with Gasteiger partial charge in [-0.25, -0.2) is 0 Å². The number of hydrogen-bond acceptors (Lipinski definition) is 1. The first-order chi connectivity index (χ1) is 29.9. The van der Waals surface area contributed by atoms with E-state index in [1.165, 1.54) is 130 Å². The third kappa shape index (κ3) is 4.90. The lowest BCUT2D eigenvalue weighted by molar-refractivity contribution is -0.231. The molecule has 0 saturated heterocycles. The summed E-state index contributed by atoms with van der Waals surface area (Å²) in [5, 5.41) is 2.79. The van der Waals surface area contributed by atoms with Crippen LogP contribution < -0.4 is 4.90 Å². The molecule has 0 radical (unpaired) electrons. The van der Waals surface area contributed by atoms with Crippen LogP contribution in [0.15, 0.2) is 152 Å². The Hall–Kier alpha value is -5.40. The number of hydrogen-bond donors (Lipinski definition) is 0. The number of para-hydroxylation sites is 2. The van der Waals surface area contributed by atoms with Crippen molar-refractivity contribution >= 4 is 27.8 Å². The van der Waals surface area contributed by atoms with Gasteiger partial charge >= 0.3 is 0 Å². The molecule has 1 nitrogen and oxygen atoms in total. The zero-order valence-corrected chi connectivity index (χ0v) is 36.1. The van der Waals surface area contributed by atoms with Gasteiger partial charge in [0.15, 0.2) is 0 Å². The number of fused-ring (bicyclic) bond motifs is 9. The highest BCUT2D eigenvalue weighted by molar-refractivity contribution is 6.04. The molecule has 5 fully saturated rings. The Bertz CT molecular complexity index is 2880. The second-order valence-corrected chi connectivity index (χ2v) is 21.1. The van der Waals surface area contributed by atoms with Crippen LogP contribution in [0.3, 0.4) is 0 Å². The smallest absolute Gasteiger partial charge is 0.0540 e. The van der Waals surface area contributed by atoms with Gasteiger partial charge < -0.3 is 4.90 Å². The van der Waals surface area contributed by atoms with Gasteiger partial charge in [-0.15, -0.1) is 0 Å². The van der Waals surface area contributed by atoms with E-state index in [9.17, 15) is 0 Å². The van der Waals surface area contributed by atoms with E-state index in [0.29, 0.717) is 11.3 Å². The van der Waals surface area contributed by atoms with Crippen LogP contribution in [0, 0.1) is 29.1 Å². The second-order valence-electron chi connectivity index (χ2n) is 21.1. The van der Waals surface area contributed by atoms with Gasteiger partial charge in [-0.3, -0.25) is 0 Å². The Labute approximate surface area is 362 Å². The van der Waals surface area contributed by atoms with Crippen molar-refractivity contribution in [1.82, 2.24) is 0 Å². The molecule has 0 N–H and O–H groups in total.